The van der Waals surface area contributed by atoms with E-state index in [0.717, 1.165) is 0 Å². The number of benzene rings is 1. The molecule has 10 atom stereocenters. The van der Waals surface area contributed by atoms with E-state index in [0.29, 0.717) is 76.4 Å². The number of amides is 10. The predicted molar refractivity (Wildman–Crippen MR) is 329 cm³/mol. The number of phenolic OH excluding ortho intramolecular Hbond substituents is 1. The van der Waals surface area contributed by atoms with E-state index < -0.39 is 132 Å². The number of carboxylic acid groups (broad SMARTS) is 1. The standard InChI is InChI=1S/C59H105N15O13/c1-34(2)29-45(56(83)71-44(59(86)87)20-12-16-28-63)68-49(76)33-65-53(80)42(18-10-14-26-61)69-57(84)46(30-35(3)4)72-50(77)37(7)66-54(81)43(19-11-15-27-62)70-58(85)47(31-36(5)6)73-51(78)38(8)67-55(82)48(32-39-21-23-40(75)24-22-39)74-52(79)41(64)17-9-13-25-60/h21-24,34-38,41-48,75H,9-20,25-33,60-64H2,1-8H3,(H,65,80)(H,66,81)(H,67,82)(H,68,76)(H,69,84)(H,70,85)(H,71,83)(H,72,77)(H,73,78)(H,74,79)(H,86,87)/t37-,38-,41-,42-,43-,44-,45-,46-,47-,48-/m0/s1. The van der Waals surface area contributed by atoms with Crippen molar-refractivity contribution < 1.29 is 63.0 Å². The summed E-state index contributed by atoms with van der Waals surface area (Å²) >= 11 is 0. The van der Waals surface area contributed by atoms with Gasteiger partial charge in [-0.3, -0.25) is 47.9 Å². The number of carbonyl (C=O) groups excluding carboxylic acids is 10. The molecule has 10 amide bonds. The van der Waals surface area contributed by atoms with E-state index in [1.54, 1.807) is 12.1 Å². The smallest absolute Gasteiger partial charge is 0.326 e. The van der Waals surface area contributed by atoms with Gasteiger partial charge in [-0.1, -0.05) is 60.1 Å². The van der Waals surface area contributed by atoms with Gasteiger partial charge in [0.25, 0.3) is 0 Å². The van der Waals surface area contributed by atoms with Gasteiger partial charge in [-0.15, -0.1) is 0 Å². The molecule has 0 heterocycles. The van der Waals surface area contributed by atoms with Gasteiger partial charge in [0.05, 0.1) is 12.6 Å². The van der Waals surface area contributed by atoms with Crippen LogP contribution < -0.4 is 81.8 Å². The van der Waals surface area contributed by atoms with Crippen molar-refractivity contribution in [3.63, 3.8) is 0 Å². The number of rotatable bonds is 45. The second kappa shape index (κ2) is 42.8. The average Bonchev–Trinajstić information content (AvgIpc) is 3.66. The molecule has 0 aliphatic heterocycles. The van der Waals surface area contributed by atoms with Crippen LogP contribution in [0.5, 0.6) is 5.75 Å². The van der Waals surface area contributed by atoms with Gasteiger partial charge >= 0.3 is 5.97 Å². The number of aromatic hydroxyl groups is 1. The number of carbonyl (C=O) groups is 11. The molecule has 28 heteroatoms. The number of carboxylic acids is 1. The number of nitrogens with one attached hydrogen (secondary N) is 10. The first-order valence-electron chi connectivity index (χ1n) is 30.6. The predicted octanol–water partition coefficient (Wildman–Crippen LogP) is -1.48. The SMILES string of the molecule is CC(C)C[C@H](NC(=O)CNC(=O)[C@H](CCCCN)NC(=O)[C@H](CC(C)C)NC(=O)[C@H](C)NC(=O)[C@H](CCCCN)NC(=O)[C@H](CC(C)C)NC(=O)[C@H](C)NC(=O)[C@H](Cc1ccc(O)cc1)NC(=O)[C@@H](N)CCCCN)C(=O)N[C@@H](CCCCN)C(=O)O. The van der Waals surface area contributed by atoms with Crippen LogP contribution in [0.3, 0.4) is 0 Å². The summed E-state index contributed by atoms with van der Waals surface area (Å²) in [5.41, 5.74) is 29.3. The highest BCUT2D eigenvalue weighted by Gasteiger charge is 2.34. The van der Waals surface area contributed by atoms with Gasteiger partial charge in [-0.2, -0.15) is 0 Å². The highest BCUT2D eigenvalue weighted by Crippen LogP contribution is 2.15. The number of hydrogen-bond acceptors (Lipinski definition) is 17. The Balaban J connectivity index is 3.26. The highest BCUT2D eigenvalue weighted by molar-refractivity contribution is 5.98. The second-order valence-corrected chi connectivity index (χ2v) is 23.5. The molecule has 0 radical (unpaired) electrons. The zero-order valence-corrected chi connectivity index (χ0v) is 52.4. The Hall–Kier alpha value is -7.01. The third kappa shape index (κ3) is 32.5. The summed E-state index contributed by atoms with van der Waals surface area (Å²) in [6.45, 7) is 14.4. The molecule has 28 nitrogen and oxygen atoms in total. The molecule has 22 N–H and O–H groups in total. The molecule has 1 aromatic carbocycles. The molecule has 1 aromatic rings. The second-order valence-electron chi connectivity index (χ2n) is 23.5. The molecule has 0 fully saturated rings. The van der Waals surface area contributed by atoms with Crippen LogP contribution in [-0.2, 0) is 59.2 Å². The lowest BCUT2D eigenvalue weighted by Gasteiger charge is -2.27. The fraction of sp³-hybridized carbons (Fsp3) is 0.712. The summed E-state index contributed by atoms with van der Waals surface area (Å²) in [5, 5.41) is 45.8. The first kappa shape index (κ1) is 78.0. The van der Waals surface area contributed by atoms with E-state index in [9.17, 15) is 63.0 Å². The van der Waals surface area contributed by atoms with Crippen LogP contribution in [-0.4, -0.2) is 168 Å². The summed E-state index contributed by atoms with van der Waals surface area (Å²) < 4.78 is 0. The summed E-state index contributed by atoms with van der Waals surface area (Å²) in [4.78, 5) is 149. The van der Waals surface area contributed by atoms with E-state index in [4.69, 9.17) is 28.7 Å². The van der Waals surface area contributed by atoms with Crippen molar-refractivity contribution in [2.75, 3.05) is 32.7 Å². The fourth-order valence-corrected chi connectivity index (χ4v) is 9.08. The van der Waals surface area contributed by atoms with Crippen LogP contribution in [0, 0.1) is 17.8 Å². The van der Waals surface area contributed by atoms with Crippen LogP contribution in [0.2, 0.25) is 0 Å². The Bertz CT molecular complexity index is 2330. The van der Waals surface area contributed by atoms with Gasteiger partial charge in [0, 0.05) is 6.42 Å². The molecule has 0 saturated carbocycles. The minimum atomic E-state index is -1.28. The molecule has 0 aliphatic carbocycles. The van der Waals surface area contributed by atoms with E-state index >= 15 is 0 Å². The molecule has 0 saturated heterocycles. The Morgan fingerprint density at radius 3 is 1.13 bits per heavy atom. The Morgan fingerprint density at radius 2 is 0.724 bits per heavy atom. The van der Waals surface area contributed by atoms with Crippen molar-refractivity contribution in [2.45, 2.75) is 219 Å². The van der Waals surface area contributed by atoms with Gasteiger partial charge in [-0.05, 0) is 165 Å². The summed E-state index contributed by atoms with van der Waals surface area (Å²) in [6, 6.07) is -5.88. The number of nitrogens with two attached hydrogens (primary N) is 5. The average molecular weight is 1230 g/mol. The van der Waals surface area contributed by atoms with Crippen molar-refractivity contribution in [3.05, 3.63) is 29.8 Å². The van der Waals surface area contributed by atoms with Crippen LogP contribution >= 0.6 is 0 Å². The zero-order valence-electron chi connectivity index (χ0n) is 52.4. The fourth-order valence-electron chi connectivity index (χ4n) is 9.08. The van der Waals surface area contributed by atoms with E-state index in [2.05, 4.69) is 53.2 Å². The Morgan fingerprint density at radius 1 is 0.391 bits per heavy atom. The van der Waals surface area contributed by atoms with Crippen LogP contribution in [0.15, 0.2) is 24.3 Å². The maximum Gasteiger partial charge on any atom is 0.326 e. The first-order chi connectivity index (χ1) is 41.1. The minimum absolute atomic E-state index is 0.00801. The van der Waals surface area contributed by atoms with Gasteiger partial charge in [0.1, 0.15) is 60.1 Å². The third-order valence-electron chi connectivity index (χ3n) is 14.0. The number of aliphatic carboxylic acids is 1. The van der Waals surface area contributed by atoms with Gasteiger partial charge in [0.2, 0.25) is 59.1 Å². The van der Waals surface area contributed by atoms with Crippen molar-refractivity contribution in [1.82, 2.24) is 53.2 Å². The molecule has 0 bridgehead atoms. The van der Waals surface area contributed by atoms with E-state index in [1.165, 1.54) is 26.0 Å². The Labute approximate surface area is 512 Å². The molecule has 0 spiro atoms. The molecule has 494 valence electrons. The lowest BCUT2D eigenvalue weighted by Crippen LogP contribution is -2.60. The van der Waals surface area contributed by atoms with E-state index in [-0.39, 0.29) is 81.5 Å². The summed E-state index contributed by atoms with van der Waals surface area (Å²) in [7, 11) is 0. The van der Waals surface area contributed by atoms with Crippen LogP contribution in [0.25, 0.3) is 0 Å². The first-order valence-corrected chi connectivity index (χ1v) is 30.6. The topological polar surface area (TPSA) is 479 Å². The maximum absolute atomic E-state index is 14.1. The molecule has 87 heavy (non-hydrogen) atoms. The van der Waals surface area contributed by atoms with E-state index in [1.807, 2.05) is 41.5 Å². The molecule has 1 rings (SSSR count). The number of hydrogen-bond donors (Lipinski definition) is 17. The normalized spacial score (nSPS) is 14.8. The summed E-state index contributed by atoms with van der Waals surface area (Å²) in [5.74, 6) is -8.97. The number of unbranched alkanes of at least 4 members (excludes halogenated alkanes) is 4. The largest absolute Gasteiger partial charge is 0.508 e. The van der Waals surface area contributed by atoms with Crippen LogP contribution in [0.1, 0.15) is 157 Å². The Kier molecular flexibility index (Phi) is 38.3. The zero-order chi connectivity index (χ0) is 65.8. The summed E-state index contributed by atoms with van der Waals surface area (Å²) in [6.07, 6.45) is 4.94. The quantitative estimate of drug-likeness (QED) is 0.0331. The van der Waals surface area contributed by atoms with Crippen molar-refractivity contribution in [1.29, 1.82) is 0 Å². The molecule has 0 unspecified atom stereocenters. The van der Waals surface area contributed by atoms with Crippen molar-refractivity contribution >= 4 is 65.0 Å². The monoisotopic (exact) mass is 1230 g/mol. The third-order valence-corrected chi connectivity index (χ3v) is 14.0. The molecular formula is C59H105N15O13. The van der Waals surface area contributed by atoms with Crippen molar-refractivity contribution in [3.8, 4) is 5.75 Å². The van der Waals surface area contributed by atoms with Crippen molar-refractivity contribution in [2.24, 2.45) is 46.4 Å². The molecule has 0 aromatic heterocycles. The van der Waals surface area contributed by atoms with Crippen LogP contribution in [0.4, 0.5) is 0 Å². The minimum Gasteiger partial charge on any atom is -0.508 e. The lowest BCUT2D eigenvalue weighted by molar-refractivity contribution is -0.142. The maximum atomic E-state index is 14.1. The lowest BCUT2D eigenvalue weighted by atomic mass is 10.0. The highest BCUT2D eigenvalue weighted by atomic mass is 16.4. The molecular weight excluding hydrogens is 1130 g/mol. The van der Waals surface area contributed by atoms with Gasteiger partial charge in [-0.25, -0.2) is 4.79 Å². The van der Waals surface area contributed by atoms with Gasteiger partial charge < -0.3 is 92.0 Å². The molecule has 0 aliphatic rings. The van der Waals surface area contributed by atoms with Gasteiger partial charge in [0.15, 0.2) is 0 Å². The number of phenols is 1.